The minimum absolute atomic E-state index is 0.133. The first-order valence-electron chi connectivity index (χ1n) is 10.7. The fourth-order valence-electron chi connectivity index (χ4n) is 4.62. The van der Waals surface area contributed by atoms with Crippen molar-refractivity contribution in [3.8, 4) is 0 Å². The maximum absolute atomic E-state index is 13.2. The van der Waals surface area contributed by atoms with Gasteiger partial charge in [0.05, 0.1) is 11.7 Å². The lowest BCUT2D eigenvalue weighted by molar-refractivity contribution is 0.0606. The number of rotatable bonds is 3. The number of hydrogen-bond donors (Lipinski definition) is 2. The molecule has 1 amide bonds. The van der Waals surface area contributed by atoms with E-state index in [-0.39, 0.29) is 23.8 Å². The van der Waals surface area contributed by atoms with E-state index in [0.717, 1.165) is 61.5 Å². The molecule has 10 nitrogen and oxygen atoms in total. The number of nitrogen functional groups attached to an aromatic ring is 1. The number of fused-ring (bicyclic) bond motifs is 1. The van der Waals surface area contributed by atoms with E-state index < -0.39 is 0 Å². The van der Waals surface area contributed by atoms with E-state index in [4.69, 9.17) is 21.5 Å². The maximum atomic E-state index is 13.2. The highest BCUT2D eigenvalue weighted by atomic mass is 16.2. The molecule has 0 aliphatic carbocycles. The first kappa shape index (κ1) is 19.7. The fraction of sp³-hybridized carbons (Fsp3) is 0.476. The molecule has 4 N–H and O–H groups in total. The zero-order valence-corrected chi connectivity index (χ0v) is 17.6. The van der Waals surface area contributed by atoms with E-state index in [1.54, 1.807) is 4.52 Å². The predicted octanol–water partition coefficient (Wildman–Crippen LogP) is 1.31. The number of anilines is 2. The van der Waals surface area contributed by atoms with Crippen LogP contribution in [0.25, 0.3) is 5.65 Å². The van der Waals surface area contributed by atoms with Crippen LogP contribution in [0.5, 0.6) is 0 Å². The minimum Gasteiger partial charge on any atom is -0.383 e. The van der Waals surface area contributed by atoms with Gasteiger partial charge < -0.3 is 21.3 Å². The van der Waals surface area contributed by atoms with Crippen LogP contribution >= 0.6 is 0 Å². The number of amides is 1. The van der Waals surface area contributed by atoms with Gasteiger partial charge in [0.15, 0.2) is 5.65 Å². The van der Waals surface area contributed by atoms with Gasteiger partial charge in [-0.3, -0.25) is 4.79 Å². The van der Waals surface area contributed by atoms with Crippen molar-refractivity contribution in [1.82, 2.24) is 29.5 Å². The van der Waals surface area contributed by atoms with Gasteiger partial charge in [0.2, 0.25) is 0 Å². The molecule has 0 bridgehead atoms. The highest BCUT2D eigenvalue weighted by Crippen LogP contribution is 2.33. The van der Waals surface area contributed by atoms with Gasteiger partial charge in [0.25, 0.3) is 5.91 Å². The van der Waals surface area contributed by atoms with Gasteiger partial charge in [-0.2, -0.15) is 5.10 Å². The van der Waals surface area contributed by atoms with Crippen LogP contribution in [0.2, 0.25) is 0 Å². The summed E-state index contributed by atoms with van der Waals surface area (Å²) < 4.78 is 1.81. The Hall–Kier alpha value is -3.27. The molecular formula is C21H27N9O. The Labute approximate surface area is 180 Å². The SMILES string of the molecule is Cc1cn2nc([C@@H]3CCCCN3C(=O)c3cncnc3N)cc2nc1N1CC[C@H](N)C1. The van der Waals surface area contributed by atoms with Crippen molar-refractivity contribution in [2.24, 2.45) is 5.73 Å². The summed E-state index contributed by atoms with van der Waals surface area (Å²) in [4.78, 5) is 30.1. The van der Waals surface area contributed by atoms with Gasteiger partial charge in [-0.05, 0) is 32.6 Å². The van der Waals surface area contributed by atoms with Crippen molar-refractivity contribution in [3.05, 3.63) is 41.6 Å². The summed E-state index contributed by atoms with van der Waals surface area (Å²) in [5, 5.41) is 4.78. The molecule has 3 aromatic heterocycles. The molecule has 2 atom stereocenters. The molecule has 2 aliphatic heterocycles. The molecule has 0 aromatic carbocycles. The molecule has 0 radical (unpaired) electrons. The predicted molar refractivity (Wildman–Crippen MR) is 117 cm³/mol. The van der Waals surface area contributed by atoms with Gasteiger partial charge in [-0.1, -0.05) is 0 Å². The first-order chi connectivity index (χ1) is 15.0. The molecule has 10 heteroatoms. The van der Waals surface area contributed by atoms with Crippen molar-refractivity contribution in [2.45, 2.75) is 44.7 Å². The lowest BCUT2D eigenvalue weighted by Gasteiger charge is -2.34. The third-order valence-electron chi connectivity index (χ3n) is 6.23. The van der Waals surface area contributed by atoms with Crippen LogP contribution in [0, 0.1) is 6.92 Å². The molecule has 2 fully saturated rings. The number of nitrogens with zero attached hydrogens (tertiary/aromatic N) is 7. The summed E-state index contributed by atoms with van der Waals surface area (Å²) >= 11 is 0. The van der Waals surface area contributed by atoms with E-state index in [0.29, 0.717) is 12.1 Å². The molecular weight excluding hydrogens is 394 g/mol. The number of carbonyl (C=O) groups is 1. The molecule has 5 heterocycles. The van der Waals surface area contributed by atoms with Crippen LogP contribution in [-0.4, -0.2) is 61.0 Å². The average Bonchev–Trinajstić information content (AvgIpc) is 3.38. The summed E-state index contributed by atoms with van der Waals surface area (Å²) in [5.74, 6) is 0.999. The second-order valence-electron chi connectivity index (χ2n) is 8.45. The molecule has 3 aromatic rings. The van der Waals surface area contributed by atoms with Crippen molar-refractivity contribution in [1.29, 1.82) is 0 Å². The lowest BCUT2D eigenvalue weighted by atomic mass is 9.98. The van der Waals surface area contributed by atoms with Crippen LogP contribution in [0.4, 0.5) is 11.6 Å². The number of aryl methyl sites for hydroxylation is 1. The van der Waals surface area contributed by atoms with E-state index in [2.05, 4.69) is 14.9 Å². The third kappa shape index (κ3) is 3.56. The molecule has 31 heavy (non-hydrogen) atoms. The van der Waals surface area contributed by atoms with Crippen LogP contribution in [-0.2, 0) is 0 Å². The normalized spacial score (nSPS) is 21.7. The van der Waals surface area contributed by atoms with Crippen molar-refractivity contribution in [3.63, 3.8) is 0 Å². The van der Waals surface area contributed by atoms with Crippen molar-refractivity contribution < 1.29 is 4.79 Å². The molecule has 0 saturated carbocycles. The standard InChI is InChI=1S/C21H27N9O/c1-13-10-30-18(26-20(13)28-7-5-14(22)11-28)8-16(27-30)17-4-2-3-6-29(17)21(31)15-9-24-12-25-19(15)23/h8-10,12,14,17H,2-7,11,22H2,1H3,(H2,23,24,25)/t14-,17-/m0/s1. The number of piperidine rings is 1. The average molecular weight is 422 g/mol. The zero-order chi connectivity index (χ0) is 21.5. The number of nitrogens with two attached hydrogens (primary N) is 2. The number of hydrogen-bond acceptors (Lipinski definition) is 8. The Morgan fingerprint density at radius 1 is 1.23 bits per heavy atom. The molecule has 2 saturated heterocycles. The van der Waals surface area contributed by atoms with Gasteiger partial charge in [0.1, 0.15) is 23.5 Å². The Bertz CT molecular complexity index is 1130. The van der Waals surface area contributed by atoms with Gasteiger partial charge in [-0.25, -0.2) is 19.5 Å². The van der Waals surface area contributed by atoms with Crippen LogP contribution in [0.15, 0.2) is 24.8 Å². The van der Waals surface area contributed by atoms with Crippen LogP contribution in [0.1, 0.15) is 53.3 Å². The third-order valence-corrected chi connectivity index (χ3v) is 6.23. The molecule has 162 valence electrons. The molecule has 0 unspecified atom stereocenters. The first-order valence-corrected chi connectivity index (χ1v) is 10.7. The minimum atomic E-state index is -0.157. The van der Waals surface area contributed by atoms with Gasteiger partial charge in [0, 0.05) is 49.7 Å². The Morgan fingerprint density at radius 2 is 2.10 bits per heavy atom. The van der Waals surface area contributed by atoms with Crippen molar-refractivity contribution in [2.75, 3.05) is 30.3 Å². The molecule has 0 spiro atoms. The number of carbonyl (C=O) groups excluding carboxylic acids is 1. The lowest BCUT2D eigenvalue weighted by Crippen LogP contribution is -2.39. The summed E-state index contributed by atoms with van der Waals surface area (Å²) in [5.41, 5.74) is 15.0. The van der Waals surface area contributed by atoms with Crippen LogP contribution < -0.4 is 16.4 Å². The number of aromatic nitrogens is 5. The quantitative estimate of drug-likeness (QED) is 0.647. The summed E-state index contributed by atoms with van der Waals surface area (Å²) in [7, 11) is 0. The van der Waals surface area contributed by atoms with E-state index >= 15 is 0 Å². The Kier molecular flexibility index (Phi) is 4.93. The highest BCUT2D eigenvalue weighted by Gasteiger charge is 2.32. The highest BCUT2D eigenvalue weighted by molar-refractivity contribution is 5.98. The monoisotopic (exact) mass is 421 g/mol. The second kappa shape index (κ2) is 7.77. The summed E-state index contributed by atoms with van der Waals surface area (Å²) in [6, 6.07) is 2.04. The van der Waals surface area contributed by atoms with E-state index in [1.807, 2.05) is 24.1 Å². The topological polar surface area (TPSA) is 132 Å². The summed E-state index contributed by atoms with van der Waals surface area (Å²) in [6.45, 7) is 4.42. The van der Waals surface area contributed by atoms with Gasteiger partial charge in [-0.15, -0.1) is 0 Å². The number of likely N-dealkylation sites (tertiary alicyclic amines) is 1. The molecule has 2 aliphatic rings. The molecule has 5 rings (SSSR count). The fourth-order valence-corrected chi connectivity index (χ4v) is 4.62. The smallest absolute Gasteiger partial charge is 0.259 e. The van der Waals surface area contributed by atoms with Gasteiger partial charge >= 0.3 is 0 Å². The zero-order valence-electron chi connectivity index (χ0n) is 17.6. The Balaban J connectivity index is 1.48. The van der Waals surface area contributed by atoms with E-state index in [9.17, 15) is 4.79 Å². The summed E-state index contributed by atoms with van der Waals surface area (Å²) in [6.07, 6.45) is 8.63. The van der Waals surface area contributed by atoms with E-state index in [1.165, 1.54) is 12.5 Å². The van der Waals surface area contributed by atoms with Crippen molar-refractivity contribution >= 4 is 23.2 Å². The Morgan fingerprint density at radius 3 is 2.87 bits per heavy atom. The maximum Gasteiger partial charge on any atom is 0.259 e. The second-order valence-corrected chi connectivity index (χ2v) is 8.45. The van der Waals surface area contributed by atoms with Crippen LogP contribution in [0.3, 0.4) is 0 Å². The largest absolute Gasteiger partial charge is 0.383 e.